The molecule has 0 aliphatic carbocycles. The molecule has 3 aromatic rings. The highest BCUT2D eigenvalue weighted by Gasteiger charge is 2.16. The minimum Gasteiger partial charge on any atom is -0.378 e. The minimum atomic E-state index is 0.141. The summed E-state index contributed by atoms with van der Waals surface area (Å²) in [6, 6.07) is 9.65. The topological polar surface area (TPSA) is 84.7 Å². The van der Waals surface area contributed by atoms with Crippen molar-refractivity contribution in [3.05, 3.63) is 48.4 Å². The predicted octanol–water partition coefficient (Wildman–Crippen LogP) is 1.27. The number of benzene rings is 1. The summed E-state index contributed by atoms with van der Waals surface area (Å²) in [6.45, 7) is 2.59. The van der Waals surface area contributed by atoms with Gasteiger partial charge < -0.3 is 15.0 Å². The van der Waals surface area contributed by atoms with Gasteiger partial charge in [-0.3, -0.25) is 4.79 Å². The zero-order valence-electron chi connectivity index (χ0n) is 13.6. The number of hydrogen-bond acceptors (Lipinski definition) is 6. The number of hydrogen-bond donors (Lipinski definition) is 1. The van der Waals surface area contributed by atoms with E-state index in [0.717, 1.165) is 17.1 Å². The molecule has 1 aliphatic heterocycles. The molecule has 1 aliphatic rings. The molecule has 25 heavy (non-hydrogen) atoms. The third-order valence-corrected chi connectivity index (χ3v) is 4.13. The van der Waals surface area contributed by atoms with Crippen LogP contribution in [0.1, 0.15) is 5.56 Å². The van der Waals surface area contributed by atoms with Gasteiger partial charge in [0.25, 0.3) is 5.78 Å². The predicted molar refractivity (Wildman–Crippen MR) is 91.6 cm³/mol. The number of aromatic nitrogens is 4. The number of morpholine rings is 1. The Morgan fingerprint density at radius 3 is 2.72 bits per heavy atom. The quantitative estimate of drug-likeness (QED) is 0.771. The van der Waals surface area contributed by atoms with Gasteiger partial charge in [0.15, 0.2) is 0 Å². The van der Waals surface area contributed by atoms with E-state index in [4.69, 9.17) is 4.74 Å². The van der Waals surface area contributed by atoms with Crippen LogP contribution in [0.2, 0.25) is 0 Å². The van der Waals surface area contributed by atoms with E-state index in [1.54, 1.807) is 10.7 Å². The maximum Gasteiger partial charge on any atom is 0.254 e. The number of fused-ring (bicyclic) bond motifs is 1. The van der Waals surface area contributed by atoms with Gasteiger partial charge in [-0.1, -0.05) is 12.1 Å². The molecule has 4 rings (SSSR count). The molecule has 0 atom stereocenters. The first-order valence-corrected chi connectivity index (χ1v) is 8.16. The highest BCUT2D eigenvalue weighted by Crippen LogP contribution is 2.17. The van der Waals surface area contributed by atoms with Crippen molar-refractivity contribution in [3.63, 3.8) is 0 Å². The van der Waals surface area contributed by atoms with Crippen LogP contribution in [0.3, 0.4) is 0 Å². The van der Waals surface area contributed by atoms with Crippen molar-refractivity contribution in [2.45, 2.75) is 6.42 Å². The van der Waals surface area contributed by atoms with Crippen molar-refractivity contribution in [3.8, 4) is 0 Å². The van der Waals surface area contributed by atoms with E-state index < -0.39 is 0 Å². The third-order valence-electron chi connectivity index (χ3n) is 4.13. The van der Waals surface area contributed by atoms with Gasteiger partial charge >= 0.3 is 0 Å². The summed E-state index contributed by atoms with van der Waals surface area (Å²) in [6.07, 6.45) is 3.55. The molecule has 1 amide bonds. The van der Waals surface area contributed by atoms with Gasteiger partial charge in [0.1, 0.15) is 12.1 Å². The number of nitrogens with zero attached hydrogens (tertiary/aromatic N) is 5. The fourth-order valence-electron chi connectivity index (χ4n) is 2.79. The molecule has 1 saturated heterocycles. The van der Waals surface area contributed by atoms with Crippen LogP contribution in [0.4, 0.5) is 11.5 Å². The number of carbonyl (C=O) groups is 1. The van der Waals surface area contributed by atoms with Crippen molar-refractivity contribution >= 4 is 23.2 Å². The van der Waals surface area contributed by atoms with Crippen LogP contribution >= 0.6 is 0 Å². The molecule has 1 N–H and O–H groups in total. The van der Waals surface area contributed by atoms with Crippen LogP contribution in [0.5, 0.6) is 0 Å². The second-order valence-electron chi connectivity index (χ2n) is 5.79. The summed E-state index contributed by atoms with van der Waals surface area (Å²) in [5, 5.41) is 7.43. The maximum absolute atomic E-state index is 12.3. The molecule has 8 nitrogen and oxygen atoms in total. The molecule has 0 bridgehead atoms. The van der Waals surface area contributed by atoms with Crippen LogP contribution < -0.4 is 5.32 Å². The lowest BCUT2D eigenvalue weighted by molar-refractivity contribution is -0.134. The highest BCUT2D eigenvalue weighted by atomic mass is 16.5. The summed E-state index contributed by atoms with van der Waals surface area (Å²) in [4.78, 5) is 22.3. The van der Waals surface area contributed by atoms with Crippen LogP contribution in [0.25, 0.3) is 5.78 Å². The van der Waals surface area contributed by atoms with Gasteiger partial charge in [-0.05, 0) is 23.8 Å². The van der Waals surface area contributed by atoms with E-state index in [2.05, 4.69) is 20.4 Å². The highest BCUT2D eigenvalue weighted by molar-refractivity contribution is 5.79. The Bertz CT molecular complexity index is 870. The smallest absolute Gasteiger partial charge is 0.254 e. The molecule has 0 unspecified atom stereocenters. The molecular formula is C17H18N6O2. The normalized spacial score (nSPS) is 14.6. The number of amides is 1. The zero-order valence-corrected chi connectivity index (χ0v) is 13.6. The Kier molecular flexibility index (Phi) is 4.26. The van der Waals surface area contributed by atoms with Crippen molar-refractivity contribution in [2.75, 3.05) is 31.6 Å². The van der Waals surface area contributed by atoms with Crippen LogP contribution in [0.15, 0.2) is 42.9 Å². The third kappa shape index (κ3) is 3.43. The molecule has 3 heterocycles. The Balaban J connectivity index is 1.43. The summed E-state index contributed by atoms with van der Waals surface area (Å²) in [5.74, 6) is 1.46. The Morgan fingerprint density at radius 2 is 1.92 bits per heavy atom. The lowest BCUT2D eigenvalue weighted by Crippen LogP contribution is -2.41. The summed E-state index contributed by atoms with van der Waals surface area (Å²) < 4.78 is 6.91. The van der Waals surface area contributed by atoms with Crippen molar-refractivity contribution in [1.82, 2.24) is 24.5 Å². The van der Waals surface area contributed by atoms with Crippen LogP contribution in [0, 0.1) is 0 Å². The molecule has 0 saturated carbocycles. The van der Waals surface area contributed by atoms with Crippen molar-refractivity contribution < 1.29 is 9.53 Å². The zero-order chi connectivity index (χ0) is 17.1. The molecule has 0 spiro atoms. The monoisotopic (exact) mass is 338 g/mol. The number of carbonyl (C=O) groups excluding carboxylic acids is 1. The molecule has 1 aromatic carbocycles. The SMILES string of the molecule is O=C(Cc1ccc(Nc2ccnc3ncnn23)cc1)N1CCOCC1. The second-order valence-corrected chi connectivity index (χ2v) is 5.79. The second kappa shape index (κ2) is 6.86. The van der Waals surface area contributed by atoms with Gasteiger partial charge in [-0.25, -0.2) is 4.98 Å². The number of nitrogens with one attached hydrogen (secondary N) is 1. The first-order valence-electron chi connectivity index (χ1n) is 8.16. The standard InChI is InChI=1S/C17H18N6O2/c24-16(22-7-9-25-10-8-22)11-13-1-3-14(4-2-13)21-15-5-6-18-17-19-12-20-23(15)17/h1-6,12,21H,7-11H2. The Labute approximate surface area is 144 Å². The average Bonchev–Trinajstić information content (AvgIpc) is 3.14. The summed E-state index contributed by atoms with van der Waals surface area (Å²) >= 11 is 0. The number of anilines is 2. The van der Waals surface area contributed by atoms with Gasteiger partial charge in [0.05, 0.1) is 19.6 Å². The largest absolute Gasteiger partial charge is 0.378 e. The van der Waals surface area contributed by atoms with E-state index in [0.29, 0.717) is 38.5 Å². The van der Waals surface area contributed by atoms with Gasteiger partial charge in [-0.2, -0.15) is 14.6 Å². The average molecular weight is 338 g/mol. The number of rotatable bonds is 4. The van der Waals surface area contributed by atoms with Crippen LogP contribution in [-0.4, -0.2) is 56.7 Å². The van der Waals surface area contributed by atoms with Crippen LogP contribution in [-0.2, 0) is 16.0 Å². The van der Waals surface area contributed by atoms with Gasteiger partial charge in [-0.15, -0.1) is 0 Å². The van der Waals surface area contributed by atoms with E-state index in [1.165, 1.54) is 6.33 Å². The fraction of sp³-hybridized carbons (Fsp3) is 0.294. The van der Waals surface area contributed by atoms with Crippen molar-refractivity contribution in [1.29, 1.82) is 0 Å². The summed E-state index contributed by atoms with van der Waals surface area (Å²) in [7, 11) is 0. The first-order chi connectivity index (χ1) is 12.3. The maximum atomic E-state index is 12.3. The number of ether oxygens (including phenoxy) is 1. The lowest BCUT2D eigenvalue weighted by atomic mass is 10.1. The molecule has 0 radical (unpaired) electrons. The van der Waals surface area contributed by atoms with Gasteiger partial charge in [0, 0.05) is 25.0 Å². The Morgan fingerprint density at radius 1 is 1.12 bits per heavy atom. The molecule has 128 valence electrons. The summed E-state index contributed by atoms with van der Waals surface area (Å²) in [5.41, 5.74) is 1.90. The van der Waals surface area contributed by atoms with E-state index in [-0.39, 0.29) is 5.91 Å². The van der Waals surface area contributed by atoms with E-state index in [1.807, 2.05) is 35.2 Å². The van der Waals surface area contributed by atoms with E-state index in [9.17, 15) is 4.79 Å². The molecule has 2 aromatic heterocycles. The lowest BCUT2D eigenvalue weighted by Gasteiger charge is -2.26. The molecule has 1 fully saturated rings. The van der Waals surface area contributed by atoms with Gasteiger partial charge in [0.2, 0.25) is 5.91 Å². The fourth-order valence-corrected chi connectivity index (χ4v) is 2.79. The van der Waals surface area contributed by atoms with Crippen molar-refractivity contribution in [2.24, 2.45) is 0 Å². The molecule has 8 heteroatoms. The van der Waals surface area contributed by atoms with E-state index >= 15 is 0 Å². The molecular weight excluding hydrogens is 320 g/mol. The first kappa shape index (κ1) is 15.5. The minimum absolute atomic E-state index is 0.141. The Hall–Kier alpha value is -3.00.